The van der Waals surface area contributed by atoms with Gasteiger partial charge in [-0.2, -0.15) is 0 Å². The standard InChI is InChI=1S/C8H9ClN2O/c1-6-3-4-10-8(5-6)11(9)7(2)12/h3-5H,1-2H3. The molecule has 0 aliphatic heterocycles. The molecule has 0 saturated heterocycles. The molecule has 0 N–H and O–H groups in total. The second kappa shape index (κ2) is 3.54. The number of halogens is 1. The van der Waals surface area contributed by atoms with E-state index in [0.29, 0.717) is 5.82 Å². The van der Waals surface area contributed by atoms with E-state index in [1.807, 2.05) is 13.0 Å². The van der Waals surface area contributed by atoms with Crippen molar-refractivity contribution in [1.29, 1.82) is 0 Å². The van der Waals surface area contributed by atoms with E-state index >= 15 is 0 Å². The molecule has 0 atom stereocenters. The monoisotopic (exact) mass is 184 g/mol. The van der Waals surface area contributed by atoms with Gasteiger partial charge in [0.2, 0.25) is 5.91 Å². The number of carbonyl (C=O) groups is 1. The van der Waals surface area contributed by atoms with E-state index in [1.165, 1.54) is 6.92 Å². The first-order valence-electron chi connectivity index (χ1n) is 3.50. The fraction of sp³-hybridized carbons (Fsp3) is 0.250. The van der Waals surface area contributed by atoms with Crippen molar-refractivity contribution in [2.24, 2.45) is 0 Å². The molecule has 1 aromatic rings. The van der Waals surface area contributed by atoms with Crippen LogP contribution in [-0.4, -0.2) is 10.9 Å². The predicted octanol–water partition coefficient (Wildman–Crippen LogP) is 1.90. The van der Waals surface area contributed by atoms with Crippen LogP contribution < -0.4 is 4.42 Å². The van der Waals surface area contributed by atoms with E-state index in [1.54, 1.807) is 12.3 Å². The molecule has 0 aliphatic carbocycles. The van der Waals surface area contributed by atoms with Crippen LogP contribution in [-0.2, 0) is 4.79 Å². The lowest BCUT2D eigenvalue weighted by Crippen LogP contribution is -2.17. The van der Waals surface area contributed by atoms with Gasteiger partial charge in [0, 0.05) is 24.9 Å². The highest BCUT2D eigenvalue weighted by Crippen LogP contribution is 2.13. The summed E-state index contributed by atoms with van der Waals surface area (Å²) in [5.74, 6) is 0.221. The summed E-state index contributed by atoms with van der Waals surface area (Å²) < 4.78 is 0.993. The molecule has 0 aliphatic rings. The minimum Gasteiger partial charge on any atom is -0.273 e. The Hall–Kier alpha value is -1.09. The van der Waals surface area contributed by atoms with Gasteiger partial charge in [0.05, 0.1) is 0 Å². The molecule has 1 aromatic heterocycles. The smallest absolute Gasteiger partial charge is 0.239 e. The highest BCUT2D eigenvalue weighted by molar-refractivity contribution is 6.35. The third kappa shape index (κ3) is 1.95. The topological polar surface area (TPSA) is 33.2 Å². The van der Waals surface area contributed by atoms with Crippen LogP contribution in [0.25, 0.3) is 0 Å². The van der Waals surface area contributed by atoms with Crippen LogP contribution in [0, 0.1) is 6.92 Å². The van der Waals surface area contributed by atoms with Gasteiger partial charge in [-0.1, -0.05) is 0 Å². The van der Waals surface area contributed by atoms with Gasteiger partial charge in [-0.15, -0.1) is 0 Å². The average molecular weight is 185 g/mol. The highest BCUT2D eigenvalue weighted by Gasteiger charge is 2.08. The van der Waals surface area contributed by atoms with Crippen LogP contribution in [0.15, 0.2) is 18.3 Å². The van der Waals surface area contributed by atoms with Gasteiger partial charge >= 0.3 is 0 Å². The number of amides is 1. The van der Waals surface area contributed by atoms with Gasteiger partial charge in [0.15, 0.2) is 5.82 Å². The van der Waals surface area contributed by atoms with Gasteiger partial charge in [0.1, 0.15) is 0 Å². The van der Waals surface area contributed by atoms with Crippen LogP contribution >= 0.6 is 11.8 Å². The molecule has 12 heavy (non-hydrogen) atoms. The van der Waals surface area contributed by atoms with E-state index in [-0.39, 0.29) is 5.91 Å². The Morgan fingerprint density at radius 2 is 2.33 bits per heavy atom. The molecule has 1 rings (SSSR count). The minimum absolute atomic E-state index is 0.241. The van der Waals surface area contributed by atoms with Crippen LogP contribution in [0.5, 0.6) is 0 Å². The molecule has 3 nitrogen and oxygen atoms in total. The fourth-order valence-electron chi connectivity index (χ4n) is 0.789. The summed E-state index contributed by atoms with van der Waals surface area (Å²) in [5, 5.41) is 0. The second-order valence-electron chi connectivity index (χ2n) is 2.49. The largest absolute Gasteiger partial charge is 0.273 e. The first kappa shape index (κ1) is 9.00. The van der Waals surface area contributed by atoms with E-state index in [2.05, 4.69) is 4.98 Å². The molecule has 0 spiro atoms. The first-order chi connectivity index (χ1) is 5.61. The molecule has 4 heteroatoms. The van der Waals surface area contributed by atoms with Crippen molar-refractivity contribution in [3.8, 4) is 0 Å². The Bertz CT molecular complexity index is 301. The normalized spacial score (nSPS) is 9.58. The summed E-state index contributed by atoms with van der Waals surface area (Å²) in [6.45, 7) is 3.30. The number of aryl methyl sites for hydroxylation is 1. The van der Waals surface area contributed by atoms with E-state index in [4.69, 9.17) is 11.8 Å². The molecule has 0 unspecified atom stereocenters. The van der Waals surface area contributed by atoms with Crippen molar-refractivity contribution in [2.45, 2.75) is 13.8 Å². The maximum Gasteiger partial charge on any atom is 0.239 e. The molecule has 1 amide bonds. The Morgan fingerprint density at radius 3 is 2.83 bits per heavy atom. The van der Waals surface area contributed by atoms with Crippen LogP contribution in [0.2, 0.25) is 0 Å². The minimum atomic E-state index is -0.241. The Morgan fingerprint density at radius 1 is 1.67 bits per heavy atom. The lowest BCUT2D eigenvalue weighted by molar-refractivity contribution is -0.115. The highest BCUT2D eigenvalue weighted by atomic mass is 35.5. The third-order valence-electron chi connectivity index (χ3n) is 1.38. The van der Waals surface area contributed by atoms with Crippen LogP contribution in [0.1, 0.15) is 12.5 Å². The average Bonchev–Trinajstić information content (AvgIpc) is 2.03. The summed E-state index contributed by atoms with van der Waals surface area (Å²) in [4.78, 5) is 14.7. The molecule has 64 valence electrons. The zero-order valence-corrected chi connectivity index (χ0v) is 7.67. The number of rotatable bonds is 1. The summed E-state index contributed by atoms with van der Waals surface area (Å²) in [6.07, 6.45) is 1.61. The van der Waals surface area contributed by atoms with Crippen molar-refractivity contribution in [3.05, 3.63) is 23.9 Å². The van der Waals surface area contributed by atoms with Gasteiger partial charge < -0.3 is 0 Å². The molecular formula is C8H9ClN2O. The zero-order valence-electron chi connectivity index (χ0n) is 6.91. The summed E-state index contributed by atoms with van der Waals surface area (Å²) >= 11 is 5.63. The number of nitrogens with zero attached hydrogens (tertiary/aromatic N) is 2. The Kier molecular flexibility index (Phi) is 2.65. The lowest BCUT2D eigenvalue weighted by Gasteiger charge is -2.09. The Labute approximate surface area is 76.1 Å². The van der Waals surface area contributed by atoms with Gasteiger partial charge in [-0.05, 0) is 24.6 Å². The van der Waals surface area contributed by atoms with Crippen molar-refractivity contribution in [3.63, 3.8) is 0 Å². The quantitative estimate of drug-likeness (QED) is 0.625. The number of hydrogen-bond donors (Lipinski definition) is 0. The summed E-state index contributed by atoms with van der Waals surface area (Å²) in [5.41, 5.74) is 1.02. The zero-order chi connectivity index (χ0) is 9.14. The summed E-state index contributed by atoms with van der Waals surface area (Å²) in [6, 6.07) is 3.59. The van der Waals surface area contributed by atoms with Crippen molar-refractivity contribution < 1.29 is 4.79 Å². The number of anilines is 1. The van der Waals surface area contributed by atoms with Crippen molar-refractivity contribution in [2.75, 3.05) is 4.42 Å². The molecular weight excluding hydrogens is 176 g/mol. The van der Waals surface area contributed by atoms with Crippen LogP contribution in [0.3, 0.4) is 0 Å². The lowest BCUT2D eigenvalue weighted by atomic mass is 10.3. The van der Waals surface area contributed by atoms with Crippen molar-refractivity contribution >= 4 is 23.5 Å². The fourth-order valence-corrected chi connectivity index (χ4v) is 0.881. The van der Waals surface area contributed by atoms with E-state index in [9.17, 15) is 4.79 Å². The molecule has 0 saturated carbocycles. The SMILES string of the molecule is CC(=O)N(Cl)c1cc(C)ccn1. The van der Waals surface area contributed by atoms with E-state index < -0.39 is 0 Å². The van der Waals surface area contributed by atoms with Crippen molar-refractivity contribution in [1.82, 2.24) is 4.98 Å². The Balaban J connectivity index is 2.95. The van der Waals surface area contributed by atoms with E-state index in [0.717, 1.165) is 9.98 Å². The maximum atomic E-state index is 10.8. The third-order valence-corrected chi connectivity index (χ3v) is 1.79. The number of hydrogen-bond acceptors (Lipinski definition) is 2. The van der Waals surface area contributed by atoms with Gasteiger partial charge in [-0.25, -0.2) is 9.40 Å². The predicted molar refractivity (Wildman–Crippen MR) is 48.0 cm³/mol. The number of pyridine rings is 1. The molecule has 0 aromatic carbocycles. The summed E-state index contributed by atoms with van der Waals surface area (Å²) in [7, 11) is 0. The molecule has 0 bridgehead atoms. The number of aromatic nitrogens is 1. The molecule has 0 radical (unpaired) electrons. The van der Waals surface area contributed by atoms with Crippen LogP contribution in [0.4, 0.5) is 5.82 Å². The first-order valence-corrected chi connectivity index (χ1v) is 3.84. The number of carbonyl (C=O) groups excluding carboxylic acids is 1. The van der Waals surface area contributed by atoms with Gasteiger partial charge in [0.25, 0.3) is 0 Å². The second-order valence-corrected chi connectivity index (χ2v) is 2.83. The van der Waals surface area contributed by atoms with Gasteiger partial charge in [-0.3, -0.25) is 4.79 Å². The maximum absolute atomic E-state index is 10.8. The molecule has 0 fully saturated rings. The molecule has 1 heterocycles.